The van der Waals surface area contributed by atoms with E-state index in [1.807, 2.05) is 6.92 Å². The smallest absolute Gasteiger partial charge is 0.182 e. The Morgan fingerprint density at radius 1 is 1.50 bits per heavy atom. The summed E-state index contributed by atoms with van der Waals surface area (Å²) in [6.45, 7) is 4.07. The molecular formula is C8H13BNOY-. The summed E-state index contributed by atoms with van der Waals surface area (Å²) in [5.41, 5.74) is 0. The molecule has 63 valence electrons. The minimum atomic E-state index is 0. The van der Waals surface area contributed by atoms with Gasteiger partial charge in [-0.05, 0) is 13.1 Å². The second kappa shape index (κ2) is 11.6. The first-order chi connectivity index (χ1) is 5.31. The molecule has 3 radical (unpaired) electrons. The molecule has 0 aromatic carbocycles. The Hall–Kier alpha value is 0.649. The second-order valence-corrected chi connectivity index (χ2v) is 2.08. The SMILES string of the molecule is [B]N(CC)CCC#CCO[CH2-].[Y]. The maximum atomic E-state index is 5.51. The van der Waals surface area contributed by atoms with Crippen molar-refractivity contribution in [2.75, 3.05) is 19.7 Å². The van der Waals surface area contributed by atoms with Crippen molar-refractivity contribution in [3.63, 3.8) is 0 Å². The zero-order valence-electron chi connectivity index (χ0n) is 7.55. The van der Waals surface area contributed by atoms with Crippen LogP contribution in [0, 0.1) is 19.0 Å². The third-order valence-corrected chi connectivity index (χ3v) is 1.23. The summed E-state index contributed by atoms with van der Waals surface area (Å²) >= 11 is 0. The van der Waals surface area contributed by atoms with Gasteiger partial charge in [-0.1, -0.05) is 18.8 Å². The molecule has 0 aliphatic rings. The Morgan fingerprint density at radius 2 is 2.17 bits per heavy atom. The molecule has 0 fully saturated rings. The van der Waals surface area contributed by atoms with Gasteiger partial charge in [-0.25, -0.2) is 7.11 Å². The monoisotopic (exact) mass is 239 g/mol. The minimum absolute atomic E-state index is 0. The van der Waals surface area contributed by atoms with Gasteiger partial charge in [-0.2, -0.15) is 0 Å². The molecular weight excluding hydrogens is 226 g/mol. The summed E-state index contributed by atoms with van der Waals surface area (Å²) in [4.78, 5) is 1.72. The van der Waals surface area contributed by atoms with Crippen LogP contribution in [0.15, 0.2) is 0 Å². The van der Waals surface area contributed by atoms with Crippen molar-refractivity contribution in [1.82, 2.24) is 4.81 Å². The molecule has 0 rings (SSSR count). The fourth-order valence-corrected chi connectivity index (χ4v) is 0.548. The van der Waals surface area contributed by atoms with Gasteiger partial charge < -0.3 is 9.55 Å². The summed E-state index contributed by atoms with van der Waals surface area (Å²) in [5.74, 6) is 5.71. The molecule has 0 spiro atoms. The topological polar surface area (TPSA) is 12.5 Å². The average molecular weight is 239 g/mol. The van der Waals surface area contributed by atoms with E-state index in [0.717, 1.165) is 19.5 Å². The molecule has 0 amide bonds. The van der Waals surface area contributed by atoms with Crippen LogP contribution >= 0.6 is 0 Å². The Labute approximate surface area is 102 Å². The van der Waals surface area contributed by atoms with Crippen LogP contribution in [0.1, 0.15) is 13.3 Å². The van der Waals surface area contributed by atoms with E-state index in [-0.39, 0.29) is 32.7 Å². The first-order valence-corrected chi connectivity index (χ1v) is 3.63. The quantitative estimate of drug-likeness (QED) is 0.404. The molecule has 0 N–H and O–H groups in total. The molecule has 0 unspecified atom stereocenters. The van der Waals surface area contributed by atoms with Crippen LogP contribution in [-0.2, 0) is 37.4 Å². The van der Waals surface area contributed by atoms with Gasteiger partial charge in [0.1, 0.15) is 0 Å². The number of nitrogens with zero attached hydrogens (tertiary/aromatic N) is 1. The van der Waals surface area contributed by atoms with Crippen LogP contribution in [0.25, 0.3) is 0 Å². The van der Waals surface area contributed by atoms with E-state index in [0.29, 0.717) is 6.61 Å². The molecule has 0 aliphatic heterocycles. The molecule has 4 heteroatoms. The number of hydrogen-bond donors (Lipinski definition) is 0. The second-order valence-electron chi connectivity index (χ2n) is 2.08. The molecule has 0 heterocycles. The molecule has 12 heavy (non-hydrogen) atoms. The normalized spacial score (nSPS) is 8.58. The van der Waals surface area contributed by atoms with E-state index in [2.05, 4.69) is 23.7 Å². The molecule has 0 saturated carbocycles. The van der Waals surface area contributed by atoms with Gasteiger partial charge in [-0.3, -0.25) is 0 Å². The molecule has 0 aliphatic carbocycles. The summed E-state index contributed by atoms with van der Waals surface area (Å²) in [6.07, 6.45) is 0.785. The third-order valence-electron chi connectivity index (χ3n) is 1.23. The molecule has 2 nitrogen and oxygen atoms in total. The van der Waals surface area contributed by atoms with Gasteiger partial charge in [-0.15, -0.1) is 0 Å². The van der Waals surface area contributed by atoms with Crippen molar-refractivity contribution < 1.29 is 37.4 Å². The zero-order valence-corrected chi connectivity index (χ0v) is 10.4. The van der Waals surface area contributed by atoms with Crippen LogP contribution in [0.3, 0.4) is 0 Å². The van der Waals surface area contributed by atoms with Gasteiger partial charge in [0.05, 0.1) is 6.61 Å². The van der Waals surface area contributed by atoms with Crippen LogP contribution in [0.2, 0.25) is 0 Å². The van der Waals surface area contributed by atoms with Crippen LogP contribution < -0.4 is 0 Å². The fraction of sp³-hybridized carbons (Fsp3) is 0.625. The minimum Gasteiger partial charge on any atom is -0.546 e. The Balaban J connectivity index is 0. The van der Waals surface area contributed by atoms with Gasteiger partial charge in [0, 0.05) is 39.1 Å². The predicted molar refractivity (Wildman–Crippen MR) is 46.7 cm³/mol. The predicted octanol–water partition coefficient (Wildman–Crippen LogP) is 0.591. The molecule has 0 aromatic heterocycles. The van der Waals surface area contributed by atoms with E-state index in [1.165, 1.54) is 0 Å². The Kier molecular flexibility index (Phi) is 14.7. The van der Waals surface area contributed by atoms with Gasteiger partial charge in [0.25, 0.3) is 0 Å². The van der Waals surface area contributed by atoms with E-state index in [1.54, 1.807) is 4.81 Å². The van der Waals surface area contributed by atoms with Crippen molar-refractivity contribution in [3.8, 4) is 11.8 Å². The van der Waals surface area contributed by atoms with Crippen molar-refractivity contribution in [3.05, 3.63) is 7.11 Å². The Morgan fingerprint density at radius 3 is 2.67 bits per heavy atom. The van der Waals surface area contributed by atoms with Crippen LogP contribution in [0.5, 0.6) is 0 Å². The molecule has 0 aromatic rings. The van der Waals surface area contributed by atoms with Crippen LogP contribution in [-0.4, -0.2) is 32.5 Å². The maximum Gasteiger partial charge on any atom is 0.182 e. The van der Waals surface area contributed by atoms with Gasteiger partial charge >= 0.3 is 0 Å². The van der Waals surface area contributed by atoms with E-state index in [4.69, 9.17) is 7.98 Å². The summed E-state index contributed by atoms with van der Waals surface area (Å²) in [7, 11) is 8.71. The van der Waals surface area contributed by atoms with Crippen LogP contribution in [0.4, 0.5) is 0 Å². The van der Waals surface area contributed by atoms with Gasteiger partial charge in [0.2, 0.25) is 0 Å². The Bertz CT molecular complexity index is 144. The average Bonchev–Trinajstić information content (AvgIpc) is 2.04. The number of ether oxygens (including phenoxy) is 1. The molecule has 0 bridgehead atoms. The van der Waals surface area contributed by atoms with Crippen molar-refractivity contribution in [1.29, 1.82) is 0 Å². The summed E-state index contributed by atoms with van der Waals surface area (Å²) in [6, 6.07) is 0. The largest absolute Gasteiger partial charge is 0.546 e. The van der Waals surface area contributed by atoms with Crippen molar-refractivity contribution in [2.45, 2.75) is 13.3 Å². The number of rotatable bonds is 4. The van der Waals surface area contributed by atoms with E-state index in [9.17, 15) is 0 Å². The first kappa shape index (κ1) is 15.1. The van der Waals surface area contributed by atoms with Gasteiger partial charge in [0.15, 0.2) is 7.98 Å². The first-order valence-electron chi connectivity index (χ1n) is 3.63. The van der Waals surface area contributed by atoms with E-state index < -0.39 is 0 Å². The molecule has 0 atom stereocenters. The van der Waals surface area contributed by atoms with Crippen molar-refractivity contribution in [2.24, 2.45) is 0 Å². The standard InChI is InChI=1S/C8H13BNO.Y/c1-3-10(9)7-5-4-6-8-11-2;/h2-3,5,7-8H2,1H3;/q-1;. The molecule has 0 saturated heterocycles. The summed E-state index contributed by atoms with van der Waals surface area (Å²) < 4.78 is 4.51. The van der Waals surface area contributed by atoms with Crippen molar-refractivity contribution >= 4 is 7.98 Å². The zero-order chi connectivity index (χ0) is 8.53. The third kappa shape index (κ3) is 10.6. The number of hydrogen-bond acceptors (Lipinski definition) is 2. The summed E-state index contributed by atoms with van der Waals surface area (Å²) in [5, 5.41) is 0. The maximum absolute atomic E-state index is 5.51. The van der Waals surface area contributed by atoms with E-state index >= 15 is 0 Å². The fourth-order valence-electron chi connectivity index (χ4n) is 0.548.